The summed E-state index contributed by atoms with van der Waals surface area (Å²) in [7, 11) is 0. The third-order valence-electron chi connectivity index (χ3n) is 4.96. The van der Waals surface area contributed by atoms with Crippen molar-refractivity contribution in [2.24, 2.45) is 11.3 Å². The molecule has 1 N–H and O–H groups in total. The molecule has 1 aromatic carbocycles. The fourth-order valence-corrected chi connectivity index (χ4v) is 3.95. The van der Waals surface area contributed by atoms with Crippen LogP contribution < -0.4 is 5.32 Å². The second-order valence-electron chi connectivity index (χ2n) is 6.06. The number of benzene rings is 1. The number of alkyl halides is 1. The maximum atomic E-state index is 5.98. The van der Waals surface area contributed by atoms with Gasteiger partial charge in [-0.1, -0.05) is 30.3 Å². The predicted octanol–water partition coefficient (Wildman–Crippen LogP) is 3.96. The lowest BCUT2D eigenvalue weighted by molar-refractivity contribution is 0.258. The molecule has 2 aliphatic carbocycles. The van der Waals surface area contributed by atoms with Gasteiger partial charge in [-0.05, 0) is 49.0 Å². The van der Waals surface area contributed by atoms with Crippen LogP contribution in [0.2, 0.25) is 0 Å². The van der Waals surface area contributed by atoms with Crippen LogP contribution in [0.1, 0.15) is 37.7 Å². The predicted molar refractivity (Wildman–Crippen MR) is 76.8 cm³/mol. The summed E-state index contributed by atoms with van der Waals surface area (Å²) in [6, 6.07) is 11.4. The smallest absolute Gasteiger partial charge is 0.0257 e. The molecule has 1 aromatic rings. The summed E-state index contributed by atoms with van der Waals surface area (Å²) in [5.74, 6) is 1.71. The van der Waals surface area contributed by atoms with Gasteiger partial charge in [0, 0.05) is 18.5 Å². The molecule has 0 saturated heterocycles. The van der Waals surface area contributed by atoms with E-state index < -0.39 is 0 Å². The van der Waals surface area contributed by atoms with Gasteiger partial charge >= 0.3 is 0 Å². The van der Waals surface area contributed by atoms with E-state index in [0.29, 0.717) is 11.5 Å². The Morgan fingerprint density at radius 2 is 1.89 bits per heavy atom. The van der Waals surface area contributed by atoms with Crippen LogP contribution in [0.4, 0.5) is 0 Å². The maximum absolute atomic E-state index is 5.98. The highest BCUT2D eigenvalue weighted by Gasteiger charge is 2.53. The SMILES string of the molecule is ClCC1CC12CCC(NCc1ccccc1)CC2. The number of hydrogen-bond donors (Lipinski definition) is 1. The van der Waals surface area contributed by atoms with Crippen molar-refractivity contribution in [3.63, 3.8) is 0 Å². The molecular weight excluding hydrogens is 242 g/mol. The minimum atomic E-state index is 0.659. The Labute approximate surface area is 115 Å². The Hall–Kier alpha value is -0.530. The van der Waals surface area contributed by atoms with Gasteiger partial charge in [0.05, 0.1) is 0 Å². The summed E-state index contributed by atoms with van der Waals surface area (Å²) >= 11 is 5.98. The van der Waals surface area contributed by atoms with E-state index in [1.807, 2.05) is 0 Å². The summed E-state index contributed by atoms with van der Waals surface area (Å²) in [4.78, 5) is 0. The lowest BCUT2D eigenvalue weighted by atomic mass is 9.82. The first kappa shape index (κ1) is 12.5. The molecule has 0 radical (unpaired) electrons. The summed E-state index contributed by atoms with van der Waals surface area (Å²) in [5, 5.41) is 3.70. The Bertz CT molecular complexity index is 381. The molecule has 98 valence electrons. The third-order valence-corrected chi connectivity index (χ3v) is 5.34. The molecule has 1 nitrogen and oxygen atoms in total. The highest BCUT2D eigenvalue weighted by Crippen LogP contribution is 2.61. The third kappa shape index (κ3) is 2.57. The van der Waals surface area contributed by atoms with E-state index in [1.54, 1.807) is 0 Å². The van der Waals surface area contributed by atoms with Crippen LogP contribution in [0.25, 0.3) is 0 Å². The molecule has 18 heavy (non-hydrogen) atoms. The van der Waals surface area contributed by atoms with Gasteiger partial charge in [-0.25, -0.2) is 0 Å². The van der Waals surface area contributed by atoms with E-state index in [2.05, 4.69) is 35.6 Å². The number of nitrogens with one attached hydrogen (secondary N) is 1. The van der Waals surface area contributed by atoms with Crippen molar-refractivity contribution in [1.82, 2.24) is 5.32 Å². The van der Waals surface area contributed by atoms with Gasteiger partial charge in [0.2, 0.25) is 0 Å². The first-order valence-electron chi connectivity index (χ1n) is 7.16. The largest absolute Gasteiger partial charge is 0.310 e. The van der Waals surface area contributed by atoms with Crippen LogP contribution in [-0.2, 0) is 6.54 Å². The lowest BCUT2D eigenvalue weighted by Crippen LogP contribution is -2.33. The van der Waals surface area contributed by atoms with Crippen LogP contribution in [0.5, 0.6) is 0 Å². The molecule has 0 aliphatic heterocycles. The normalized spacial score (nSPS) is 34.7. The summed E-state index contributed by atoms with van der Waals surface area (Å²) < 4.78 is 0. The quantitative estimate of drug-likeness (QED) is 0.811. The molecule has 0 aromatic heterocycles. The van der Waals surface area contributed by atoms with E-state index in [0.717, 1.165) is 18.3 Å². The van der Waals surface area contributed by atoms with Crippen molar-refractivity contribution in [3.05, 3.63) is 35.9 Å². The molecule has 1 unspecified atom stereocenters. The molecule has 2 fully saturated rings. The highest BCUT2D eigenvalue weighted by molar-refractivity contribution is 6.18. The summed E-state index contributed by atoms with van der Waals surface area (Å²) in [6.07, 6.45) is 6.83. The van der Waals surface area contributed by atoms with E-state index in [4.69, 9.17) is 11.6 Å². The summed E-state index contributed by atoms with van der Waals surface area (Å²) in [5.41, 5.74) is 2.05. The number of halogens is 1. The first-order chi connectivity index (χ1) is 8.82. The second-order valence-corrected chi connectivity index (χ2v) is 6.37. The lowest BCUT2D eigenvalue weighted by Gasteiger charge is -2.30. The van der Waals surface area contributed by atoms with E-state index in [-0.39, 0.29) is 0 Å². The number of hydrogen-bond acceptors (Lipinski definition) is 1. The molecule has 0 bridgehead atoms. The topological polar surface area (TPSA) is 12.0 Å². The van der Waals surface area contributed by atoms with Crippen molar-refractivity contribution in [2.45, 2.75) is 44.7 Å². The Kier molecular flexibility index (Phi) is 3.63. The molecule has 1 atom stereocenters. The first-order valence-corrected chi connectivity index (χ1v) is 7.69. The van der Waals surface area contributed by atoms with Gasteiger partial charge in [0.15, 0.2) is 0 Å². The minimum Gasteiger partial charge on any atom is -0.310 e. The van der Waals surface area contributed by atoms with E-state index >= 15 is 0 Å². The monoisotopic (exact) mass is 263 g/mol. The van der Waals surface area contributed by atoms with Crippen molar-refractivity contribution in [2.75, 3.05) is 5.88 Å². The molecule has 2 saturated carbocycles. The van der Waals surface area contributed by atoms with Crippen LogP contribution in [0.3, 0.4) is 0 Å². The van der Waals surface area contributed by atoms with Gasteiger partial charge in [-0.2, -0.15) is 0 Å². The van der Waals surface area contributed by atoms with Gasteiger partial charge in [-0.3, -0.25) is 0 Å². The van der Waals surface area contributed by atoms with E-state index in [9.17, 15) is 0 Å². The van der Waals surface area contributed by atoms with E-state index in [1.165, 1.54) is 37.7 Å². The molecular formula is C16H22ClN. The molecule has 1 spiro atoms. The van der Waals surface area contributed by atoms with Crippen LogP contribution in [0, 0.1) is 11.3 Å². The van der Waals surface area contributed by atoms with Crippen molar-refractivity contribution in [3.8, 4) is 0 Å². The zero-order chi connectivity index (χ0) is 12.4. The standard InChI is InChI=1S/C16H22ClN/c17-11-14-10-16(14)8-6-15(7-9-16)18-12-13-4-2-1-3-5-13/h1-5,14-15,18H,6-12H2. The van der Waals surface area contributed by atoms with Crippen molar-refractivity contribution < 1.29 is 0 Å². The van der Waals surface area contributed by atoms with Gasteiger partial charge < -0.3 is 5.32 Å². The molecule has 3 rings (SSSR count). The Balaban J connectivity index is 1.44. The van der Waals surface area contributed by atoms with Crippen LogP contribution in [-0.4, -0.2) is 11.9 Å². The average molecular weight is 264 g/mol. The number of rotatable bonds is 4. The van der Waals surface area contributed by atoms with Gasteiger partial charge in [0.1, 0.15) is 0 Å². The maximum Gasteiger partial charge on any atom is 0.0257 e. The van der Waals surface area contributed by atoms with Crippen molar-refractivity contribution >= 4 is 11.6 Å². The molecule has 2 heteroatoms. The minimum absolute atomic E-state index is 0.659. The molecule has 0 amide bonds. The summed E-state index contributed by atoms with van der Waals surface area (Å²) in [6.45, 7) is 1.01. The van der Waals surface area contributed by atoms with Crippen LogP contribution >= 0.6 is 11.6 Å². The van der Waals surface area contributed by atoms with Gasteiger partial charge in [-0.15, -0.1) is 11.6 Å². The van der Waals surface area contributed by atoms with Crippen molar-refractivity contribution in [1.29, 1.82) is 0 Å². The second kappa shape index (κ2) is 5.22. The molecule has 0 heterocycles. The average Bonchev–Trinajstić information content (AvgIpc) is 3.12. The van der Waals surface area contributed by atoms with Gasteiger partial charge in [0.25, 0.3) is 0 Å². The fraction of sp³-hybridized carbons (Fsp3) is 0.625. The Morgan fingerprint density at radius 1 is 1.17 bits per heavy atom. The molecule has 2 aliphatic rings. The highest BCUT2D eigenvalue weighted by atomic mass is 35.5. The van der Waals surface area contributed by atoms with Crippen LogP contribution in [0.15, 0.2) is 30.3 Å². The fourth-order valence-electron chi connectivity index (χ4n) is 3.52. The Morgan fingerprint density at radius 3 is 2.50 bits per heavy atom. The zero-order valence-electron chi connectivity index (χ0n) is 10.9. The zero-order valence-corrected chi connectivity index (χ0v) is 11.6.